The van der Waals surface area contributed by atoms with Crippen molar-refractivity contribution in [2.75, 3.05) is 0 Å². The molecule has 0 saturated heterocycles. The van der Waals surface area contributed by atoms with Gasteiger partial charge in [0.1, 0.15) is 6.33 Å². The first-order valence-corrected chi connectivity index (χ1v) is 4.41. The van der Waals surface area contributed by atoms with Crippen LogP contribution in [0.4, 0.5) is 0 Å². The molecule has 1 aliphatic rings. The van der Waals surface area contributed by atoms with E-state index in [2.05, 4.69) is 9.97 Å². The highest BCUT2D eigenvalue weighted by Crippen LogP contribution is 2.36. The van der Waals surface area contributed by atoms with E-state index in [0.717, 1.165) is 6.42 Å². The van der Waals surface area contributed by atoms with Gasteiger partial charge in [-0.3, -0.25) is 0 Å². The Labute approximate surface area is 80.8 Å². The lowest BCUT2D eigenvalue weighted by molar-refractivity contribution is -0.163. The van der Waals surface area contributed by atoms with Crippen LogP contribution in [0.25, 0.3) is 0 Å². The topological polar surface area (TPSA) is 72.3 Å². The van der Waals surface area contributed by atoms with Crippen LogP contribution < -0.4 is 4.74 Å². The number of carboxylic acids is 1. The number of hydrogen-bond donors (Lipinski definition) is 1. The Morgan fingerprint density at radius 1 is 1.57 bits per heavy atom. The molecule has 14 heavy (non-hydrogen) atoms. The quantitative estimate of drug-likeness (QED) is 0.772. The molecule has 2 rings (SSSR count). The van der Waals surface area contributed by atoms with Gasteiger partial charge >= 0.3 is 5.97 Å². The number of carbonyl (C=O) groups is 1. The predicted molar refractivity (Wildman–Crippen MR) is 46.9 cm³/mol. The van der Waals surface area contributed by atoms with Gasteiger partial charge in [0.25, 0.3) is 0 Å². The maximum atomic E-state index is 10.9. The molecule has 5 heteroatoms. The molecule has 0 bridgehead atoms. The van der Waals surface area contributed by atoms with Gasteiger partial charge in [-0.05, 0) is 19.3 Å². The molecule has 1 heterocycles. The minimum atomic E-state index is -1.05. The molecule has 0 radical (unpaired) electrons. The highest BCUT2D eigenvalue weighted by Gasteiger charge is 2.47. The molecule has 0 amide bonds. The van der Waals surface area contributed by atoms with Crippen molar-refractivity contribution >= 4 is 5.97 Å². The van der Waals surface area contributed by atoms with Gasteiger partial charge in [-0.15, -0.1) is 0 Å². The number of aliphatic carboxylic acids is 1. The molecule has 74 valence electrons. The second-order valence-corrected chi connectivity index (χ2v) is 3.30. The Balaban J connectivity index is 2.13. The standard InChI is InChI=1S/C9H10N2O3/c12-8(13)9(3-1-4-9)14-7-2-5-10-6-11-7/h2,5-6H,1,3-4H2,(H,12,13). The van der Waals surface area contributed by atoms with Crippen LogP contribution in [0.3, 0.4) is 0 Å². The predicted octanol–water partition coefficient (Wildman–Crippen LogP) is 0.863. The smallest absolute Gasteiger partial charge is 0.348 e. The van der Waals surface area contributed by atoms with Gasteiger partial charge in [0, 0.05) is 12.3 Å². The summed E-state index contributed by atoms with van der Waals surface area (Å²) in [7, 11) is 0. The first kappa shape index (κ1) is 8.93. The summed E-state index contributed by atoms with van der Waals surface area (Å²) in [4.78, 5) is 18.5. The van der Waals surface area contributed by atoms with E-state index < -0.39 is 11.6 Å². The molecule has 0 aliphatic heterocycles. The Morgan fingerprint density at radius 2 is 2.36 bits per heavy atom. The minimum Gasteiger partial charge on any atom is -0.478 e. The zero-order valence-electron chi connectivity index (χ0n) is 7.51. The number of carboxylic acid groups (broad SMARTS) is 1. The highest BCUT2D eigenvalue weighted by atomic mass is 16.5. The van der Waals surface area contributed by atoms with E-state index in [9.17, 15) is 4.79 Å². The lowest BCUT2D eigenvalue weighted by atomic mass is 9.80. The number of hydrogen-bond acceptors (Lipinski definition) is 4. The second-order valence-electron chi connectivity index (χ2n) is 3.30. The summed E-state index contributed by atoms with van der Waals surface area (Å²) in [5, 5.41) is 8.98. The fraction of sp³-hybridized carbons (Fsp3) is 0.444. The van der Waals surface area contributed by atoms with Crippen LogP contribution in [0.5, 0.6) is 5.88 Å². The Bertz CT molecular complexity index is 335. The molecule has 0 aromatic carbocycles. The first-order chi connectivity index (χ1) is 6.73. The maximum Gasteiger partial charge on any atom is 0.348 e. The van der Waals surface area contributed by atoms with E-state index in [1.807, 2.05) is 0 Å². The van der Waals surface area contributed by atoms with Crippen molar-refractivity contribution in [3.8, 4) is 5.88 Å². The van der Waals surface area contributed by atoms with E-state index in [0.29, 0.717) is 18.7 Å². The van der Waals surface area contributed by atoms with Crippen LogP contribution in [0.15, 0.2) is 18.6 Å². The maximum absolute atomic E-state index is 10.9. The molecule has 1 aliphatic carbocycles. The van der Waals surface area contributed by atoms with Crippen molar-refractivity contribution in [1.82, 2.24) is 9.97 Å². The van der Waals surface area contributed by atoms with Gasteiger partial charge in [0.05, 0.1) is 0 Å². The van der Waals surface area contributed by atoms with Crippen LogP contribution in [0, 0.1) is 0 Å². The van der Waals surface area contributed by atoms with Crippen molar-refractivity contribution in [2.45, 2.75) is 24.9 Å². The molecule has 1 fully saturated rings. The van der Waals surface area contributed by atoms with Gasteiger partial charge in [-0.25, -0.2) is 14.8 Å². The molecule has 1 saturated carbocycles. The third-order valence-corrected chi connectivity index (χ3v) is 2.41. The summed E-state index contributed by atoms with van der Waals surface area (Å²) in [6, 6.07) is 1.56. The van der Waals surface area contributed by atoms with E-state index in [1.54, 1.807) is 6.07 Å². The van der Waals surface area contributed by atoms with Gasteiger partial charge in [-0.2, -0.15) is 0 Å². The molecule has 1 N–H and O–H groups in total. The number of rotatable bonds is 3. The normalized spacial score (nSPS) is 18.3. The van der Waals surface area contributed by atoms with Crippen LogP contribution in [-0.2, 0) is 4.79 Å². The van der Waals surface area contributed by atoms with Crippen molar-refractivity contribution in [3.63, 3.8) is 0 Å². The van der Waals surface area contributed by atoms with E-state index in [4.69, 9.17) is 9.84 Å². The summed E-state index contributed by atoms with van der Waals surface area (Å²) in [6.45, 7) is 0. The summed E-state index contributed by atoms with van der Waals surface area (Å²) in [5.41, 5.74) is -1.05. The van der Waals surface area contributed by atoms with Crippen LogP contribution in [-0.4, -0.2) is 26.6 Å². The average Bonchev–Trinajstić information content (AvgIpc) is 2.12. The number of ether oxygens (including phenoxy) is 1. The summed E-state index contributed by atoms with van der Waals surface area (Å²) >= 11 is 0. The molecular formula is C9H10N2O3. The lowest BCUT2D eigenvalue weighted by Crippen LogP contribution is -2.50. The van der Waals surface area contributed by atoms with Crippen molar-refractivity contribution in [1.29, 1.82) is 0 Å². The minimum absolute atomic E-state index is 0.321. The largest absolute Gasteiger partial charge is 0.478 e. The Hall–Kier alpha value is -1.65. The molecule has 0 unspecified atom stereocenters. The molecule has 5 nitrogen and oxygen atoms in total. The third-order valence-electron chi connectivity index (χ3n) is 2.41. The van der Waals surface area contributed by atoms with E-state index >= 15 is 0 Å². The molecule has 1 aromatic rings. The fourth-order valence-electron chi connectivity index (χ4n) is 1.40. The lowest BCUT2D eigenvalue weighted by Gasteiger charge is -2.36. The molecular weight excluding hydrogens is 184 g/mol. The Morgan fingerprint density at radius 3 is 2.79 bits per heavy atom. The summed E-state index contributed by atoms with van der Waals surface area (Å²) in [6.07, 6.45) is 4.84. The second kappa shape index (κ2) is 3.25. The summed E-state index contributed by atoms with van der Waals surface area (Å²) < 4.78 is 5.35. The van der Waals surface area contributed by atoms with Crippen LogP contribution in [0.1, 0.15) is 19.3 Å². The first-order valence-electron chi connectivity index (χ1n) is 4.41. The van der Waals surface area contributed by atoms with Crippen LogP contribution >= 0.6 is 0 Å². The van der Waals surface area contributed by atoms with Gasteiger partial charge < -0.3 is 9.84 Å². The van der Waals surface area contributed by atoms with Crippen molar-refractivity contribution in [2.24, 2.45) is 0 Å². The molecule has 1 aromatic heterocycles. The third kappa shape index (κ3) is 1.41. The van der Waals surface area contributed by atoms with Crippen LogP contribution in [0.2, 0.25) is 0 Å². The Kier molecular flexibility index (Phi) is 2.07. The fourth-order valence-corrected chi connectivity index (χ4v) is 1.40. The van der Waals surface area contributed by atoms with Crippen molar-refractivity contribution in [3.05, 3.63) is 18.6 Å². The zero-order valence-corrected chi connectivity index (χ0v) is 7.51. The number of nitrogens with zero attached hydrogens (tertiary/aromatic N) is 2. The monoisotopic (exact) mass is 194 g/mol. The zero-order chi connectivity index (χ0) is 10.0. The van der Waals surface area contributed by atoms with Gasteiger partial charge in [0.15, 0.2) is 0 Å². The van der Waals surface area contributed by atoms with E-state index in [1.165, 1.54) is 12.5 Å². The van der Waals surface area contributed by atoms with Crippen molar-refractivity contribution < 1.29 is 14.6 Å². The highest BCUT2D eigenvalue weighted by molar-refractivity contribution is 5.79. The number of aromatic nitrogens is 2. The van der Waals surface area contributed by atoms with Gasteiger partial charge in [-0.1, -0.05) is 0 Å². The van der Waals surface area contributed by atoms with Gasteiger partial charge in [0.2, 0.25) is 11.5 Å². The average molecular weight is 194 g/mol. The molecule has 0 atom stereocenters. The SMILES string of the molecule is O=C(O)C1(Oc2ccncn2)CCC1. The summed E-state index contributed by atoms with van der Waals surface area (Å²) in [5.74, 6) is -0.593. The van der Waals surface area contributed by atoms with E-state index in [-0.39, 0.29) is 0 Å². The molecule has 0 spiro atoms.